The summed E-state index contributed by atoms with van der Waals surface area (Å²) in [6, 6.07) is 15.0. The molecule has 0 radical (unpaired) electrons. The van der Waals surface area contributed by atoms with Crippen LogP contribution in [0.4, 0.5) is 26.4 Å². The molecule has 1 aromatic carbocycles. The third-order valence-corrected chi connectivity index (χ3v) is 10.4. The molecule has 278 valence electrons. The van der Waals surface area contributed by atoms with Crippen molar-refractivity contribution in [2.75, 3.05) is 48.3 Å². The molecule has 4 aromatic heterocycles. The van der Waals surface area contributed by atoms with Gasteiger partial charge in [0.15, 0.2) is 0 Å². The molecule has 1 atom stereocenters. The van der Waals surface area contributed by atoms with Gasteiger partial charge < -0.3 is 20.1 Å². The van der Waals surface area contributed by atoms with E-state index >= 15 is 0 Å². The van der Waals surface area contributed by atoms with E-state index < -0.39 is 11.8 Å². The maximum absolute atomic E-state index is 14.8. The van der Waals surface area contributed by atoms with Gasteiger partial charge in [-0.3, -0.25) is 34.2 Å². The molecule has 0 saturated carbocycles. The van der Waals surface area contributed by atoms with Crippen LogP contribution < -0.4 is 25.8 Å². The number of carbonyl (C=O) groups excluding carboxylic acids is 4. The Morgan fingerprint density at radius 2 is 1.83 bits per heavy atom. The number of anilines is 3. The second-order valence-electron chi connectivity index (χ2n) is 14.1. The lowest BCUT2D eigenvalue weighted by Crippen LogP contribution is -2.50. The monoisotopic (exact) mass is 733 g/mol. The zero-order valence-electron chi connectivity index (χ0n) is 30.0. The van der Waals surface area contributed by atoms with Crippen LogP contribution in [-0.4, -0.2) is 92.2 Å². The SMILES string of the molecule is C[C@@H]1CNC(=O)c2cc3ccc(C(=O)Nc4cnn(Cc5ccc(N6CCC(N(C)Cc7cc(N8CCC(=O)NC8=O)ncc7F)CC6)cc5)c4)nc3n21. The number of aromatic nitrogens is 5. The highest BCUT2D eigenvalue weighted by Gasteiger charge is 2.28. The first-order valence-electron chi connectivity index (χ1n) is 18.0. The number of hydrogen-bond donors (Lipinski definition) is 3. The number of urea groups is 1. The van der Waals surface area contributed by atoms with E-state index in [0.717, 1.165) is 48.8 Å². The Morgan fingerprint density at radius 3 is 2.61 bits per heavy atom. The smallest absolute Gasteiger partial charge is 0.329 e. The van der Waals surface area contributed by atoms with Crippen molar-refractivity contribution in [2.24, 2.45) is 0 Å². The molecule has 8 rings (SSSR count). The number of hydrogen-bond acceptors (Lipinski definition) is 9. The number of nitrogens with one attached hydrogen (secondary N) is 3. The van der Waals surface area contributed by atoms with Crippen LogP contribution >= 0.6 is 0 Å². The number of carbonyl (C=O) groups is 4. The van der Waals surface area contributed by atoms with Crippen LogP contribution in [0, 0.1) is 5.82 Å². The summed E-state index contributed by atoms with van der Waals surface area (Å²) in [6.45, 7) is 5.32. The fourth-order valence-electron chi connectivity index (χ4n) is 7.46. The van der Waals surface area contributed by atoms with Gasteiger partial charge in [-0.2, -0.15) is 5.10 Å². The van der Waals surface area contributed by atoms with Crippen LogP contribution in [0.2, 0.25) is 0 Å². The molecule has 7 heterocycles. The van der Waals surface area contributed by atoms with Crippen molar-refractivity contribution in [3.8, 4) is 0 Å². The van der Waals surface area contributed by atoms with E-state index in [1.54, 1.807) is 35.3 Å². The lowest BCUT2D eigenvalue weighted by Gasteiger charge is -2.38. The number of halogens is 1. The van der Waals surface area contributed by atoms with Crippen LogP contribution in [0.3, 0.4) is 0 Å². The number of imide groups is 1. The molecule has 15 nitrogen and oxygen atoms in total. The summed E-state index contributed by atoms with van der Waals surface area (Å²) in [4.78, 5) is 63.9. The summed E-state index contributed by atoms with van der Waals surface area (Å²) in [6.07, 6.45) is 6.51. The number of pyridine rings is 2. The predicted molar refractivity (Wildman–Crippen MR) is 199 cm³/mol. The minimum absolute atomic E-state index is 0.0229. The quantitative estimate of drug-likeness (QED) is 0.204. The fraction of sp³-hybridized carbons (Fsp3) is 0.342. The first kappa shape index (κ1) is 34.9. The van der Waals surface area contributed by atoms with Gasteiger partial charge >= 0.3 is 6.03 Å². The van der Waals surface area contributed by atoms with Gasteiger partial charge in [0.05, 0.1) is 30.7 Å². The summed E-state index contributed by atoms with van der Waals surface area (Å²) in [5.74, 6) is -0.940. The van der Waals surface area contributed by atoms with E-state index in [4.69, 9.17) is 0 Å². The van der Waals surface area contributed by atoms with E-state index in [1.807, 2.05) is 24.6 Å². The third kappa shape index (κ3) is 6.99. The number of fused-ring (bicyclic) bond motifs is 3. The van der Waals surface area contributed by atoms with Crippen molar-refractivity contribution in [1.29, 1.82) is 0 Å². The molecule has 0 bridgehead atoms. The van der Waals surface area contributed by atoms with Crippen molar-refractivity contribution in [2.45, 2.75) is 51.4 Å². The second kappa shape index (κ2) is 14.3. The largest absolute Gasteiger partial charge is 0.371 e. The van der Waals surface area contributed by atoms with Gasteiger partial charge in [0.25, 0.3) is 11.8 Å². The van der Waals surface area contributed by atoms with Gasteiger partial charge in [0.1, 0.15) is 28.7 Å². The number of benzene rings is 1. The molecular weight excluding hydrogens is 693 g/mol. The number of piperidine rings is 1. The Morgan fingerprint density at radius 1 is 1.04 bits per heavy atom. The summed E-state index contributed by atoms with van der Waals surface area (Å²) in [5.41, 5.74) is 4.59. The molecule has 16 heteroatoms. The molecule has 3 N–H and O–H groups in total. The van der Waals surface area contributed by atoms with E-state index in [0.29, 0.717) is 48.0 Å². The summed E-state index contributed by atoms with van der Waals surface area (Å²) in [5, 5.41) is 13.3. The lowest BCUT2D eigenvalue weighted by molar-refractivity contribution is -0.120. The Bertz CT molecular complexity index is 2260. The van der Waals surface area contributed by atoms with Gasteiger partial charge in [-0.15, -0.1) is 0 Å². The average Bonchev–Trinajstić information content (AvgIpc) is 3.79. The van der Waals surface area contributed by atoms with E-state index in [1.165, 1.54) is 4.90 Å². The summed E-state index contributed by atoms with van der Waals surface area (Å²) >= 11 is 0. The highest BCUT2D eigenvalue weighted by molar-refractivity contribution is 6.06. The Labute approximate surface area is 310 Å². The summed E-state index contributed by atoms with van der Waals surface area (Å²) in [7, 11) is 1.99. The molecule has 2 fully saturated rings. The second-order valence-corrected chi connectivity index (χ2v) is 14.1. The van der Waals surface area contributed by atoms with Crippen molar-refractivity contribution in [1.82, 2.24) is 39.8 Å². The van der Waals surface area contributed by atoms with E-state index in [-0.39, 0.29) is 48.5 Å². The lowest BCUT2D eigenvalue weighted by atomic mass is 10.0. The van der Waals surface area contributed by atoms with Crippen LogP contribution in [0.15, 0.2) is 67.1 Å². The normalized spacial score (nSPS) is 17.9. The zero-order valence-corrected chi connectivity index (χ0v) is 30.0. The predicted octanol–water partition coefficient (Wildman–Crippen LogP) is 3.92. The van der Waals surface area contributed by atoms with Crippen LogP contribution in [0.25, 0.3) is 11.0 Å². The summed E-state index contributed by atoms with van der Waals surface area (Å²) < 4.78 is 18.4. The Balaban J connectivity index is 0.835. The van der Waals surface area contributed by atoms with Crippen LogP contribution in [0.1, 0.15) is 64.3 Å². The molecule has 5 aromatic rings. The van der Waals surface area contributed by atoms with Gasteiger partial charge in [0, 0.05) is 68.0 Å². The number of rotatable bonds is 9. The number of amides is 5. The molecule has 2 saturated heterocycles. The third-order valence-electron chi connectivity index (χ3n) is 10.4. The minimum Gasteiger partial charge on any atom is -0.371 e. The minimum atomic E-state index is -0.546. The van der Waals surface area contributed by atoms with Crippen molar-refractivity contribution >= 4 is 52.0 Å². The van der Waals surface area contributed by atoms with Crippen molar-refractivity contribution in [3.63, 3.8) is 0 Å². The highest BCUT2D eigenvalue weighted by Crippen LogP contribution is 2.27. The Kier molecular flexibility index (Phi) is 9.27. The standard InChI is InChI=1S/C38H40FN11O4/c1-23-17-41-37(53)32-15-25-5-8-31(44-35(25)50(23)32)36(52)43-27-18-42-48(22-27)20-24-3-6-29(7-4-24)47-12-9-28(10-13-47)46(2)21-26-16-33(40-19-30(26)39)49-14-11-34(51)45-38(49)54/h3-8,15-16,18-19,22-23,28H,9-14,17,20-21H2,1-2H3,(H,41,53)(H,43,52)(H,45,51,54)/t23-/m1/s1. The van der Waals surface area contributed by atoms with Crippen molar-refractivity contribution in [3.05, 3.63) is 95.5 Å². The van der Waals surface area contributed by atoms with E-state index in [9.17, 15) is 23.6 Å². The molecule has 0 unspecified atom stereocenters. The van der Waals surface area contributed by atoms with Gasteiger partial charge in [-0.1, -0.05) is 12.1 Å². The molecule has 54 heavy (non-hydrogen) atoms. The molecule has 3 aliphatic heterocycles. The maximum Gasteiger partial charge on any atom is 0.329 e. The number of nitrogens with zero attached hydrogens (tertiary/aromatic N) is 8. The fourth-order valence-corrected chi connectivity index (χ4v) is 7.46. The van der Waals surface area contributed by atoms with Crippen molar-refractivity contribution < 1.29 is 23.6 Å². The highest BCUT2D eigenvalue weighted by atomic mass is 19.1. The average molecular weight is 734 g/mol. The molecule has 0 aliphatic carbocycles. The van der Waals surface area contributed by atoms with Gasteiger partial charge in [-0.05, 0) is 68.8 Å². The Hall–Kier alpha value is -6.16. The van der Waals surface area contributed by atoms with Crippen LogP contribution in [-0.2, 0) is 17.9 Å². The zero-order chi connectivity index (χ0) is 37.5. The molecule has 0 spiro atoms. The maximum atomic E-state index is 14.8. The van der Waals surface area contributed by atoms with Gasteiger partial charge in [-0.25, -0.2) is 19.2 Å². The molecular formula is C38H40FN11O4. The first-order chi connectivity index (χ1) is 26.1. The van der Waals surface area contributed by atoms with Gasteiger partial charge in [0.2, 0.25) is 5.91 Å². The van der Waals surface area contributed by atoms with Crippen LogP contribution in [0.5, 0.6) is 0 Å². The topological polar surface area (TPSA) is 163 Å². The van der Waals surface area contributed by atoms with E-state index in [2.05, 4.69) is 65.1 Å². The first-order valence-corrected chi connectivity index (χ1v) is 18.0. The molecule has 5 amide bonds. The molecule has 3 aliphatic rings.